The Labute approximate surface area is 142 Å². The van der Waals surface area contributed by atoms with Gasteiger partial charge in [0.2, 0.25) is 12.7 Å². The summed E-state index contributed by atoms with van der Waals surface area (Å²) in [6, 6.07) is 6.11. The number of nitrogens with zero attached hydrogens (tertiary/aromatic N) is 2. The summed E-state index contributed by atoms with van der Waals surface area (Å²) in [5.41, 5.74) is 1.22. The van der Waals surface area contributed by atoms with Crippen molar-refractivity contribution in [3.05, 3.63) is 23.8 Å². The summed E-state index contributed by atoms with van der Waals surface area (Å²) in [5, 5.41) is 0. The maximum atomic E-state index is 12.3. The number of fused-ring (bicyclic) bond motifs is 1. The van der Waals surface area contributed by atoms with E-state index in [2.05, 4.69) is 17.0 Å². The minimum atomic E-state index is 0.143. The van der Waals surface area contributed by atoms with Crippen LogP contribution in [0, 0.1) is 0 Å². The van der Waals surface area contributed by atoms with Crippen molar-refractivity contribution >= 4 is 5.91 Å². The summed E-state index contributed by atoms with van der Waals surface area (Å²) in [6.45, 7) is 5.42. The summed E-state index contributed by atoms with van der Waals surface area (Å²) >= 11 is 0. The van der Waals surface area contributed by atoms with Crippen molar-refractivity contribution in [1.29, 1.82) is 0 Å². The van der Waals surface area contributed by atoms with Crippen LogP contribution in [0.15, 0.2) is 18.2 Å². The van der Waals surface area contributed by atoms with Crippen molar-refractivity contribution in [2.45, 2.75) is 31.9 Å². The first-order chi connectivity index (χ1) is 11.8. The number of piperazine rings is 1. The van der Waals surface area contributed by atoms with Crippen LogP contribution in [0.25, 0.3) is 0 Å². The number of hydrogen-bond acceptors (Lipinski definition) is 5. The van der Waals surface area contributed by atoms with Gasteiger partial charge in [-0.3, -0.25) is 9.69 Å². The van der Waals surface area contributed by atoms with Gasteiger partial charge in [0.15, 0.2) is 11.5 Å². The van der Waals surface area contributed by atoms with Gasteiger partial charge in [0, 0.05) is 39.3 Å². The SMILES string of the molecule is O=C(CC1CCCO1)N1CCN(Cc2ccc3c(c2)OCO3)CC1. The van der Waals surface area contributed by atoms with Gasteiger partial charge in [0.05, 0.1) is 12.5 Å². The highest BCUT2D eigenvalue weighted by atomic mass is 16.7. The Morgan fingerprint density at radius 1 is 1.12 bits per heavy atom. The predicted octanol–water partition coefficient (Wildman–Crippen LogP) is 1.63. The topological polar surface area (TPSA) is 51.2 Å². The van der Waals surface area contributed by atoms with Gasteiger partial charge in [0.25, 0.3) is 0 Å². The van der Waals surface area contributed by atoms with Crippen molar-refractivity contribution < 1.29 is 19.0 Å². The van der Waals surface area contributed by atoms with Gasteiger partial charge in [-0.2, -0.15) is 0 Å². The Morgan fingerprint density at radius 2 is 1.96 bits per heavy atom. The highest BCUT2D eigenvalue weighted by molar-refractivity contribution is 5.76. The van der Waals surface area contributed by atoms with E-state index in [1.165, 1.54) is 5.56 Å². The second-order valence-corrected chi connectivity index (χ2v) is 6.68. The normalized spacial score (nSPS) is 23.7. The molecular weight excluding hydrogens is 308 g/mol. The lowest BCUT2D eigenvalue weighted by Gasteiger charge is -2.35. The van der Waals surface area contributed by atoms with E-state index in [4.69, 9.17) is 14.2 Å². The molecule has 1 atom stereocenters. The molecule has 0 saturated carbocycles. The minimum Gasteiger partial charge on any atom is -0.454 e. The molecule has 0 radical (unpaired) electrons. The third-order valence-corrected chi connectivity index (χ3v) is 4.99. The zero-order chi connectivity index (χ0) is 16.4. The Balaban J connectivity index is 1.26. The molecule has 0 N–H and O–H groups in total. The lowest BCUT2D eigenvalue weighted by atomic mass is 10.1. The van der Waals surface area contributed by atoms with Gasteiger partial charge >= 0.3 is 0 Å². The van der Waals surface area contributed by atoms with Crippen LogP contribution in [-0.2, 0) is 16.1 Å². The number of hydrogen-bond donors (Lipinski definition) is 0. The second-order valence-electron chi connectivity index (χ2n) is 6.68. The van der Waals surface area contributed by atoms with Gasteiger partial charge < -0.3 is 19.1 Å². The van der Waals surface area contributed by atoms with Crippen LogP contribution in [0.5, 0.6) is 11.5 Å². The third kappa shape index (κ3) is 3.49. The fraction of sp³-hybridized carbons (Fsp3) is 0.611. The molecule has 3 aliphatic heterocycles. The van der Waals surface area contributed by atoms with E-state index in [0.717, 1.165) is 63.7 Å². The first kappa shape index (κ1) is 15.7. The molecule has 1 unspecified atom stereocenters. The molecule has 6 heteroatoms. The Hall–Kier alpha value is -1.79. The maximum Gasteiger partial charge on any atom is 0.231 e. The molecule has 0 aromatic heterocycles. The third-order valence-electron chi connectivity index (χ3n) is 4.99. The summed E-state index contributed by atoms with van der Waals surface area (Å²) < 4.78 is 16.4. The predicted molar refractivity (Wildman–Crippen MR) is 88.0 cm³/mol. The zero-order valence-electron chi connectivity index (χ0n) is 13.9. The molecule has 3 heterocycles. The van der Waals surface area contributed by atoms with Gasteiger partial charge in [-0.05, 0) is 30.5 Å². The molecule has 0 bridgehead atoms. The maximum absolute atomic E-state index is 12.3. The van der Waals surface area contributed by atoms with Crippen LogP contribution < -0.4 is 9.47 Å². The lowest BCUT2D eigenvalue weighted by Crippen LogP contribution is -2.48. The number of ether oxygens (including phenoxy) is 3. The fourth-order valence-corrected chi connectivity index (χ4v) is 3.58. The molecule has 130 valence electrons. The van der Waals surface area contributed by atoms with E-state index in [1.807, 2.05) is 11.0 Å². The number of rotatable bonds is 4. The van der Waals surface area contributed by atoms with E-state index in [0.29, 0.717) is 13.2 Å². The average molecular weight is 332 g/mol. The standard InChI is InChI=1S/C18H24N2O4/c21-18(11-15-2-1-9-22-15)20-7-5-19(6-8-20)12-14-3-4-16-17(10-14)24-13-23-16/h3-4,10,15H,1-2,5-9,11-13H2. The van der Waals surface area contributed by atoms with Crippen LogP contribution >= 0.6 is 0 Å². The molecule has 1 aromatic carbocycles. The molecule has 4 rings (SSSR count). The van der Waals surface area contributed by atoms with Gasteiger partial charge in [-0.25, -0.2) is 0 Å². The van der Waals surface area contributed by atoms with Crippen molar-refractivity contribution in [3.63, 3.8) is 0 Å². The molecule has 0 spiro atoms. The summed E-state index contributed by atoms with van der Waals surface area (Å²) in [4.78, 5) is 16.7. The van der Waals surface area contributed by atoms with Crippen LogP contribution in [0.4, 0.5) is 0 Å². The molecule has 1 aromatic rings. The monoisotopic (exact) mass is 332 g/mol. The molecule has 3 aliphatic rings. The van der Waals surface area contributed by atoms with E-state index < -0.39 is 0 Å². The first-order valence-corrected chi connectivity index (χ1v) is 8.78. The number of carbonyl (C=O) groups is 1. The first-order valence-electron chi connectivity index (χ1n) is 8.78. The molecule has 1 amide bonds. The average Bonchev–Trinajstić information content (AvgIpc) is 3.26. The van der Waals surface area contributed by atoms with Crippen molar-refractivity contribution in [2.75, 3.05) is 39.6 Å². The quantitative estimate of drug-likeness (QED) is 0.839. The van der Waals surface area contributed by atoms with E-state index in [-0.39, 0.29) is 12.0 Å². The number of amides is 1. The van der Waals surface area contributed by atoms with Crippen LogP contribution in [0.1, 0.15) is 24.8 Å². The second kappa shape index (κ2) is 6.99. The molecule has 24 heavy (non-hydrogen) atoms. The van der Waals surface area contributed by atoms with E-state index >= 15 is 0 Å². The summed E-state index contributed by atoms with van der Waals surface area (Å²) in [5.74, 6) is 1.89. The smallest absolute Gasteiger partial charge is 0.231 e. The van der Waals surface area contributed by atoms with Crippen molar-refractivity contribution in [1.82, 2.24) is 9.80 Å². The largest absolute Gasteiger partial charge is 0.454 e. The Bertz CT molecular complexity index is 593. The highest BCUT2D eigenvalue weighted by Crippen LogP contribution is 2.32. The summed E-state index contributed by atoms with van der Waals surface area (Å²) in [6.07, 6.45) is 2.79. The molecule has 0 aliphatic carbocycles. The summed E-state index contributed by atoms with van der Waals surface area (Å²) in [7, 11) is 0. The molecular formula is C18H24N2O4. The van der Waals surface area contributed by atoms with Crippen LogP contribution in [-0.4, -0.2) is 61.4 Å². The molecule has 2 saturated heterocycles. The zero-order valence-corrected chi connectivity index (χ0v) is 13.9. The highest BCUT2D eigenvalue weighted by Gasteiger charge is 2.25. The van der Waals surface area contributed by atoms with Crippen molar-refractivity contribution in [2.24, 2.45) is 0 Å². The van der Waals surface area contributed by atoms with Crippen LogP contribution in [0.3, 0.4) is 0 Å². The van der Waals surface area contributed by atoms with E-state index in [9.17, 15) is 4.79 Å². The number of carbonyl (C=O) groups excluding carboxylic acids is 1. The van der Waals surface area contributed by atoms with Gasteiger partial charge in [-0.1, -0.05) is 6.07 Å². The molecule has 6 nitrogen and oxygen atoms in total. The van der Waals surface area contributed by atoms with Crippen LogP contribution in [0.2, 0.25) is 0 Å². The van der Waals surface area contributed by atoms with E-state index in [1.54, 1.807) is 0 Å². The van der Waals surface area contributed by atoms with Gasteiger partial charge in [-0.15, -0.1) is 0 Å². The Morgan fingerprint density at radius 3 is 2.75 bits per heavy atom. The molecule has 2 fully saturated rings. The Kier molecular flexibility index (Phi) is 4.58. The fourth-order valence-electron chi connectivity index (χ4n) is 3.58. The lowest BCUT2D eigenvalue weighted by molar-refractivity contribution is -0.135. The van der Waals surface area contributed by atoms with Crippen molar-refractivity contribution in [3.8, 4) is 11.5 Å². The number of benzene rings is 1. The minimum absolute atomic E-state index is 0.143. The van der Waals surface area contributed by atoms with Gasteiger partial charge in [0.1, 0.15) is 0 Å².